The molecule has 3 rings (SSSR count). The molecule has 0 bridgehead atoms. The molecule has 23 heavy (non-hydrogen) atoms. The molecule has 0 atom stereocenters. The molecule has 2 aromatic rings. The minimum atomic E-state index is -0.0506. The molecule has 0 saturated carbocycles. The van der Waals surface area contributed by atoms with E-state index in [0.29, 0.717) is 11.7 Å². The van der Waals surface area contributed by atoms with E-state index in [0.717, 1.165) is 50.5 Å². The van der Waals surface area contributed by atoms with Crippen molar-refractivity contribution < 1.29 is 5.11 Å². The van der Waals surface area contributed by atoms with Crippen LogP contribution in [0.1, 0.15) is 41.8 Å². The summed E-state index contributed by atoms with van der Waals surface area (Å²) in [4.78, 5) is 2.50. The first kappa shape index (κ1) is 16.1. The van der Waals surface area contributed by atoms with Gasteiger partial charge in [0.15, 0.2) is 5.82 Å². The lowest BCUT2D eigenvalue weighted by Gasteiger charge is -2.31. The fourth-order valence-electron chi connectivity index (χ4n) is 3.42. The van der Waals surface area contributed by atoms with Gasteiger partial charge < -0.3 is 14.6 Å². The zero-order chi connectivity index (χ0) is 16.4. The summed E-state index contributed by atoms with van der Waals surface area (Å²) in [5, 5.41) is 22.1. The lowest BCUT2D eigenvalue weighted by molar-refractivity contribution is 0.198. The van der Waals surface area contributed by atoms with Crippen LogP contribution in [0.5, 0.6) is 0 Å². The van der Waals surface area contributed by atoms with Crippen LogP contribution in [0.25, 0.3) is 0 Å². The third kappa shape index (κ3) is 3.45. The van der Waals surface area contributed by atoms with Gasteiger partial charge in [-0.05, 0) is 45.8 Å². The van der Waals surface area contributed by atoms with Gasteiger partial charge in [0, 0.05) is 25.2 Å². The fraction of sp³-hybridized carbons (Fsp3) is 0.688. The SMILES string of the molecule is Cc1cc(C)n(CCN2CCC(c3nnc(CO)n3C)CC2)n1. The molecular formula is C16H26N6O. The Morgan fingerprint density at radius 1 is 1.17 bits per heavy atom. The van der Waals surface area contributed by atoms with E-state index in [1.807, 2.05) is 18.5 Å². The summed E-state index contributed by atoms with van der Waals surface area (Å²) in [5.74, 6) is 2.09. The molecule has 0 aromatic carbocycles. The highest BCUT2D eigenvalue weighted by molar-refractivity contribution is 5.06. The van der Waals surface area contributed by atoms with Crippen LogP contribution in [0.4, 0.5) is 0 Å². The number of rotatable bonds is 5. The second-order valence-electron chi connectivity index (χ2n) is 6.46. The number of likely N-dealkylation sites (tertiary alicyclic amines) is 1. The van der Waals surface area contributed by atoms with Crippen LogP contribution in [-0.4, -0.2) is 54.2 Å². The van der Waals surface area contributed by atoms with Gasteiger partial charge in [-0.15, -0.1) is 10.2 Å². The summed E-state index contributed by atoms with van der Waals surface area (Å²) in [6.45, 7) is 8.23. The molecule has 126 valence electrons. The molecule has 0 unspecified atom stereocenters. The molecule has 1 N–H and O–H groups in total. The Labute approximate surface area is 136 Å². The molecule has 1 aliphatic heterocycles. The zero-order valence-corrected chi connectivity index (χ0v) is 14.2. The fourth-order valence-corrected chi connectivity index (χ4v) is 3.42. The quantitative estimate of drug-likeness (QED) is 0.890. The lowest BCUT2D eigenvalue weighted by Crippen LogP contribution is -2.36. The average molecular weight is 318 g/mol. The number of nitrogens with zero attached hydrogens (tertiary/aromatic N) is 6. The van der Waals surface area contributed by atoms with Gasteiger partial charge >= 0.3 is 0 Å². The van der Waals surface area contributed by atoms with E-state index in [2.05, 4.69) is 37.9 Å². The van der Waals surface area contributed by atoms with Crippen LogP contribution in [0.3, 0.4) is 0 Å². The molecule has 0 aliphatic carbocycles. The van der Waals surface area contributed by atoms with Crippen molar-refractivity contribution in [2.45, 2.75) is 45.8 Å². The van der Waals surface area contributed by atoms with E-state index < -0.39 is 0 Å². The third-order valence-corrected chi connectivity index (χ3v) is 4.82. The van der Waals surface area contributed by atoms with Crippen molar-refractivity contribution in [3.63, 3.8) is 0 Å². The summed E-state index contributed by atoms with van der Waals surface area (Å²) in [6.07, 6.45) is 2.18. The Bertz CT molecular complexity index is 654. The smallest absolute Gasteiger partial charge is 0.158 e. The second kappa shape index (κ2) is 6.80. The minimum Gasteiger partial charge on any atom is -0.388 e. The van der Waals surface area contributed by atoms with Gasteiger partial charge in [0.2, 0.25) is 0 Å². The topological polar surface area (TPSA) is 72.0 Å². The Kier molecular flexibility index (Phi) is 4.77. The Balaban J connectivity index is 1.52. The first-order valence-electron chi connectivity index (χ1n) is 8.31. The number of aliphatic hydroxyl groups excluding tert-OH is 1. The van der Waals surface area contributed by atoms with Gasteiger partial charge in [-0.25, -0.2) is 0 Å². The molecular weight excluding hydrogens is 292 g/mol. The van der Waals surface area contributed by atoms with Crippen LogP contribution >= 0.6 is 0 Å². The summed E-state index contributed by atoms with van der Waals surface area (Å²) in [7, 11) is 1.94. The van der Waals surface area contributed by atoms with Crippen LogP contribution in [0.2, 0.25) is 0 Å². The standard InChI is InChI=1S/C16H26N6O/c1-12-10-13(2)22(19-12)9-8-21-6-4-14(5-7-21)16-18-17-15(11-23)20(16)3/h10,14,23H,4-9,11H2,1-3H3. The van der Waals surface area contributed by atoms with Crippen LogP contribution < -0.4 is 0 Å². The Morgan fingerprint density at radius 3 is 2.48 bits per heavy atom. The normalized spacial score (nSPS) is 17.0. The predicted octanol–water partition coefficient (Wildman–Crippen LogP) is 1.00. The number of aliphatic hydroxyl groups is 1. The van der Waals surface area contributed by atoms with Gasteiger partial charge in [-0.3, -0.25) is 4.68 Å². The first-order valence-corrected chi connectivity index (χ1v) is 8.31. The van der Waals surface area contributed by atoms with Crippen LogP contribution in [0, 0.1) is 13.8 Å². The lowest BCUT2D eigenvalue weighted by atomic mass is 9.96. The van der Waals surface area contributed by atoms with E-state index >= 15 is 0 Å². The average Bonchev–Trinajstić information content (AvgIpc) is 3.07. The first-order chi connectivity index (χ1) is 11.1. The van der Waals surface area contributed by atoms with Crippen molar-refractivity contribution in [3.8, 4) is 0 Å². The van der Waals surface area contributed by atoms with Gasteiger partial charge in [-0.1, -0.05) is 0 Å². The van der Waals surface area contributed by atoms with Gasteiger partial charge in [0.05, 0.1) is 12.2 Å². The second-order valence-corrected chi connectivity index (χ2v) is 6.46. The van der Waals surface area contributed by atoms with Crippen LogP contribution in [0.15, 0.2) is 6.07 Å². The van der Waals surface area contributed by atoms with Gasteiger partial charge in [0.25, 0.3) is 0 Å². The molecule has 0 spiro atoms. The van der Waals surface area contributed by atoms with E-state index in [9.17, 15) is 5.11 Å². The number of piperidine rings is 1. The highest BCUT2D eigenvalue weighted by Crippen LogP contribution is 2.26. The molecule has 7 nitrogen and oxygen atoms in total. The number of aromatic nitrogens is 5. The maximum absolute atomic E-state index is 9.23. The van der Waals surface area contributed by atoms with Crippen molar-refractivity contribution in [1.29, 1.82) is 0 Å². The maximum atomic E-state index is 9.23. The summed E-state index contributed by atoms with van der Waals surface area (Å²) in [5.41, 5.74) is 2.32. The highest BCUT2D eigenvalue weighted by Gasteiger charge is 2.24. The number of hydrogen-bond donors (Lipinski definition) is 1. The highest BCUT2D eigenvalue weighted by atomic mass is 16.3. The van der Waals surface area contributed by atoms with E-state index in [4.69, 9.17) is 0 Å². The monoisotopic (exact) mass is 318 g/mol. The van der Waals surface area contributed by atoms with Crippen molar-refractivity contribution in [2.24, 2.45) is 7.05 Å². The summed E-state index contributed by atoms with van der Waals surface area (Å²) < 4.78 is 4.04. The van der Waals surface area contributed by atoms with E-state index in [1.54, 1.807) is 0 Å². The molecule has 0 radical (unpaired) electrons. The number of hydrogen-bond acceptors (Lipinski definition) is 5. The molecule has 1 aliphatic rings. The van der Waals surface area contributed by atoms with Crippen molar-refractivity contribution in [3.05, 3.63) is 29.1 Å². The predicted molar refractivity (Wildman–Crippen MR) is 87.0 cm³/mol. The molecule has 0 amide bonds. The molecule has 7 heteroatoms. The molecule has 1 saturated heterocycles. The van der Waals surface area contributed by atoms with E-state index in [1.165, 1.54) is 5.69 Å². The summed E-state index contributed by atoms with van der Waals surface area (Å²) >= 11 is 0. The molecule has 2 aromatic heterocycles. The van der Waals surface area contributed by atoms with Crippen molar-refractivity contribution in [1.82, 2.24) is 29.4 Å². The molecule has 3 heterocycles. The van der Waals surface area contributed by atoms with Crippen molar-refractivity contribution >= 4 is 0 Å². The van der Waals surface area contributed by atoms with Gasteiger partial charge in [-0.2, -0.15) is 5.10 Å². The van der Waals surface area contributed by atoms with Crippen molar-refractivity contribution in [2.75, 3.05) is 19.6 Å². The summed E-state index contributed by atoms with van der Waals surface area (Å²) in [6, 6.07) is 2.12. The Morgan fingerprint density at radius 2 is 1.91 bits per heavy atom. The Hall–Kier alpha value is -1.73. The molecule has 1 fully saturated rings. The van der Waals surface area contributed by atoms with Gasteiger partial charge in [0.1, 0.15) is 12.4 Å². The maximum Gasteiger partial charge on any atom is 0.158 e. The largest absolute Gasteiger partial charge is 0.388 e. The van der Waals surface area contributed by atoms with E-state index in [-0.39, 0.29) is 6.61 Å². The zero-order valence-electron chi connectivity index (χ0n) is 14.2. The van der Waals surface area contributed by atoms with Crippen LogP contribution in [-0.2, 0) is 20.2 Å². The third-order valence-electron chi connectivity index (χ3n) is 4.82. The number of aryl methyl sites for hydroxylation is 2. The minimum absolute atomic E-state index is 0.0506.